The highest BCUT2D eigenvalue weighted by Gasteiger charge is 2.33. The molecule has 1 N–H and O–H groups in total. The Kier molecular flexibility index (Phi) is 4.89. The van der Waals surface area contributed by atoms with E-state index in [0.717, 1.165) is 12.8 Å². The van der Waals surface area contributed by atoms with E-state index in [1.807, 2.05) is 11.8 Å². The third kappa shape index (κ3) is 3.08. The minimum absolute atomic E-state index is 0.0284. The van der Waals surface area contributed by atoms with E-state index in [9.17, 15) is 14.3 Å². The summed E-state index contributed by atoms with van der Waals surface area (Å²) < 4.78 is 13.6. The van der Waals surface area contributed by atoms with Gasteiger partial charge in [0.15, 0.2) is 0 Å². The lowest BCUT2D eigenvalue weighted by molar-refractivity contribution is -0.145. The first-order valence-electron chi connectivity index (χ1n) is 6.54. The molecule has 1 aliphatic rings. The highest BCUT2D eigenvalue weighted by molar-refractivity contribution is 6.35. The van der Waals surface area contributed by atoms with Crippen molar-refractivity contribution in [2.24, 2.45) is 0 Å². The van der Waals surface area contributed by atoms with Crippen molar-refractivity contribution in [3.8, 4) is 0 Å². The van der Waals surface area contributed by atoms with E-state index >= 15 is 0 Å². The molecule has 1 fully saturated rings. The van der Waals surface area contributed by atoms with Crippen molar-refractivity contribution in [3.63, 3.8) is 0 Å². The van der Waals surface area contributed by atoms with Gasteiger partial charge < -0.3 is 5.11 Å². The zero-order valence-corrected chi connectivity index (χ0v) is 12.6. The molecule has 2 rings (SSSR count). The standard InChI is InChI=1S/C14H16Cl2FNO2/c1-8(9-6-12(17)11(16)7-10(9)15)18-5-3-2-4-13(18)14(19)20/h6-8,13H,2-5H2,1H3,(H,19,20). The number of halogens is 3. The maximum atomic E-state index is 13.6. The van der Waals surface area contributed by atoms with Gasteiger partial charge in [-0.25, -0.2) is 4.39 Å². The summed E-state index contributed by atoms with van der Waals surface area (Å²) in [4.78, 5) is 13.2. The maximum absolute atomic E-state index is 13.6. The smallest absolute Gasteiger partial charge is 0.320 e. The molecule has 1 aromatic carbocycles. The van der Waals surface area contributed by atoms with Crippen LogP contribution in [0.5, 0.6) is 0 Å². The molecule has 1 aliphatic heterocycles. The number of rotatable bonds is 3. The van der Waals surface area contributed by atoms with Crippen molar-refractivity contribution in [2.75, 3.05) is 6.54 Å². The van der Waals surface area contributed by atoms with E-state index in [0.29, 0.717) is 23.6 Å². The van der Waals surface area contributed by atoms with Crippen LogP contribution in [0.15, 0.2) is 12.1 Å². The second-order valence-electron chi connectivity index (χ2n) is 5.05. The van der Waals surface area contributed by atoms with Crippen LogP contribution in [-0.4, -0.2) is 28.6 Å². The van der Waals surface area contributed by atoms with Gasteiger partial charge in [0.25, 0.3) is 0 Å². The molecular formula is C14H16Cl2FNO2. The summed E-state index contributed by atoms with van der Waals surface area (Å²) in [6.07, 6.45) is 2.43. The van der Waals surface area contributed by atoms with Crippen LogP contribution in [0, 0.1) is 5.82 Å². The zero-order valence-electron chi connectivity index (χ0n) is 11.1. The Morgan fingerprint density at radius 1 is 1.40 bits per heavy atom. The van der Waals surface area contributed by atoms with Gasteiger partial charge in [-0.05, 0) is 44.0 Å². The van der Waals surface area contributed by atoms with Gasteiger partial charge in [-0.15, -0.1) is 0 Å². The van der Waals surface area contributed by atoms with E-state index < -0.39 is 17.8 Å². The van der Waals surface area contributed by atoms with Gasteiger partial charge in [0.05, 0.1) is 5.02 Å². The summed E-state index contributed by atoms with van der Waals surface area (Å²) in [6.45, 7) is 2.51. The summed E-state index contributed by atoms with van der Waals surface area (Å²) in [6, 6.07) is 1.84. The Morgan fingerprint density at radius 2 is 2.10 bits per heavy atom. The van der Waals surface area contributed by atoms with Crippen molar-refractivity contribution >= 4 is 29.2 Å². The number of hydrogen-bond acceptors (Lipinski definition) is 2. The van der Waals surface area contributed by atoms with E-state index in [1.54, 1.807) is 0 Å². The normalized spacial score (nSPS) is 21.7. The van der Waals surface area contributed by atoms with Gasteiger partial charge in [0.1, 0.15) is 11.9 Å². The predicted octanol–water partition coefficient (Wildman–Crippen LogP) is 4.13. The molecule has 0 aromatic heterocycles. The number of carboxylic acids is 1. The third-order valence-corrected chi connectivity index (χ3v) is 4.43. The number of hydrogen-bond donors (Lipinski definition) is 1. The van der Waals surface area contributed by atoms with Gasteiger partial charge in [-0.1, -0.05) is 29.6 Å². The Morgan fingerprint density at radius 3 is 2.75 bits per heavy atom. The second-order valence-corrected chi connectivity index (χ2v) is 5.87. The lowest BCUT2D eigenvalue weighted by Crippen LogP contribution is -2.45. The zero-order chi connectivity index (χ0) is 14.9. The van der Waals surface area contributed by atoms with Crippen LogP contribution in [0.25, 0.3) is 0 Å². The molecule has 20 heavy (non-hydrogen) atoms. The number of likely N-dealkylation sites (tertiary alicyclic amines) is 1. The van der Waals surface area contributed by atoms with E-state index in [2.05, 4.69) is 0 Å². The fraction of sp³-hybridized carbons (Fsp3) is 0.500. The minimum atomic E-state index is -0.845. The summed E-state index contributed by atoms with van der Waals surface area (Å²) in [5, 5.41) is 9.63. The average molecular weight is 320 g/mol. The third-order valence-electron chi connectivity index (χ3n) is 3.82. The molecule has 2 atom stereocenters. The molecular weight excluding hydrogens is 304 g/mol. The van der Waals surface area contributed by atoms with Gasteiger partial charge in [0, 0.05) is 11.1 Å². The Balaban J connectivity index is 2.32. The van der Waals surface area contributed by atoms with Gasteiger partial charge in [-0.2, -0.15) is 0 Å². The fourth-order valence-corrected chi connectivity index (χ4v) is 3.26. The Bertz CT molecular complexity index is 524. The maximum Gasteiger partial charge on any atom is 0.320 e. The van der Waals surface area contributed by atoms with Gasteiger partial charge >= 0.3 is 5.97 Å². The van der Waals surface area contributed by atoms with Crippen LogP contribution in [0.1, 0.15) is 37.8 Å². The van der Waals surface area contributed by atoms with Crippen LogP contribution in [0.2, 0.25) is 10.0 Å². The lowest BCUT2D eigenvalue weighted by atomic mass is 9.97. The number of piperidine rings is 1. The number of nitrogens with zero attached hydrogens (tertiary/aromatic N) is 1. The molecule has 0 radical (unpaired) electrons. The van der Waals surface area contributed by atoms with Crippen LogP contribution in [-0.2, 0) is 4.79 Å². The van der Waals surface area contributed by atoms with Crippen LogP contribution in [0.3, 0.4) is 0 Å². The summed E-state index contributed by atoms with van der Waals surface area (Å²) >= 11 is 11.8. The van der Waals surface area contributed by atoms with Gasteiger partial charge in [0.2, 0.25) is 0 Å². The number of aliphatic carboxylic acids is 1. The molecule has 0 amide bonds. The molecule has 1 saturated heterocycles. The molecule has 0 spiro atoms. The lowest BCUT2D eigenvalue weighted by Gasteiger charge is -2.38. The Labute approximate surface area is 127 Å². The first kappa shape index (κ1) is 15.5. The topological polar surface area (TPSA) is 40.5 Å². The van der Waals surface area contributed by atoms with E-state index in [-0.39, 0.29) is 11.1 Å². The summed E-state index contributed by atoms with van der Waals surface area (Å²) in [5.41, 5.74) is 0.571. The van der Waals surface area contributed by atoms with Crippen LogP contribution >= 0.6 is 23.2 Å². The molecule has 6 heteroatoms. The molecule has 0 saturated carbocycles. The number of benzene rings is 1. The highest BCUT2D eigenvalue weighted by atomic mass is 35.5. The number of carbonyl (C=O) groups is 1. The van der Waals surface area contributed by atoms with Crippen molar-refractivity contribution in [2.45, 2.75) is 38.3 Å². The molecule has 0 aliphatic carbocycles. The molecule has 3 nitrogen and oxygen atoms in total. The Hall–Kier alpha value is -0.840. The van der Waals surface area contributed by atoms with E-state index in [4.69, 9.17) is 23.2 Å². The fourth-order valence-electron chi connectivity index (χ4n) is 2.72. The molecule has 1 heterocycles. The quantitative estimate of drug-likeness (QED) is 0.851. The predicted molar refractivity (Wildman–Crippen MR) is 76.8 cm³/mol. The first-order chi connectivity index (χ1) is 9.41. The SMILES string of the molecule is CC(c1cc(F)c(Cl)cc1Cl)N1CCCCC1C(=O)O. The average Bonchev–Trinajstić information content (AvgIpc) is 2.42. The summed E-state index contributed by atoms with van der Waals surface area (Å²) in [5.74, 6) is -1.39. The van der Waals surface area contributed by atoms with Crippen LogP contribution in [0.4, 0.5) is 4.39 Å². The monoisotopic (exact) mass is 319 g/mol. The molecule has 0 bridgehead atoms. The largest absolute Gasteiger partial charge is 0.480 e. The number of carboxylic acid groups (broad SMARTS) is 1. The second kappa shape index (κ2) is 6.29. The van der Waals surface area contributed by atoms with Crippen LogP contribution < -0.4 is 0 Å². The molecule has 1 aromatic rings. The van der Waals surface area contributed by atoms with Crippen molar-refractivity contribution in [1.82, 2.24) is 4.90 Å². The molecule has 110 valence electrons. The van der Waals surface area contributed by atoms with Crippen molar-refractivity contribution in [3.05, 3.63) is 33.6 Å². The van der Waals surface area contributed by atoms with E-state index in [1.165, 1.54) is 12.1 Å². The minimum Gasteiger partial charge on any atom is -0.480 e. The highest BCUT2D eigenvalue weighted by Crippen LogP contribution is 2.34. The summed E-state index contributed by atoms with van der Waals surface area (Å²) in [7, 11) is 0. The van der Waals surface area contributed by atoms with Crippen molar-refractivity contribution in [1.29, 1.82) is 0 Å². The van der Waals surface area contributed by atoms with Crippen molar-refractivity contribution < 1.29 is 14.3 Å². The first-order valence-corrected chi connectivity index (χ1v) is 7.30. The van der Waals surface area contributed by atoms with Gasteiger partial charge in [-0.3, -0.25) is 9.69 Å². The molecule has 2 unspecified atom stereocenters.